The van der Waals surface area contributed by atoms with Crippen LogP contribution in [0.2, 0.25) is 0 Å². The van der Waals surface area contributed by atoms with Crippen molar-refractivity contribution in [2.45, 2.75) is 18.8 Å². The number of nitrogen functional groups attached to an aromatic ring is 1. The maximum absolute atomic E-state index is 11.6. The van der Waals surface area contributed by atoms with E-state index in [4.69, 9.17) is 10.5 Å². The Bertz CT molecular complexity index is 819. The summed E-state index contributed by atoms with van der Waals surface area (Å²) in [6, 6.07) is 3.58. The van der Waals surface area contributed by atoms with Crippen LogP contribution in [0.1, 0.15) is 24.5 Å². The van der Waals surface area contributed by atoms with Crippen molar-refractivity contribution in [2.75, 3.05) is 54.9 Å². The Labute approximate surface area is 151 Å². The molecule has 0 radical (unpaired) electrons. The Hall–Kier alpha value is -2.68. The third-order valence-corrected chi connectivity index (χ3v) is 4.91. The Morgan fingerprint density at radius 3 is 2.65 bits per heavy atom. The molecule has 2 fully saturated rings. The van der Waals surface area contributed by atoms with E-state index in [0.717, 1.165) is 56.4 Å². The number of nitrogens with one attached hydrogen (secondary N) is 1. The van der Waals surface area contributed by atoms with Gasteiger partial charge < -0.3 is 25.3 Å². The number of aromatic nitrogens is 4. The fourth-order valence-electron chi connectivity index (χ4n) is 3.59. The molecule has 0 spiro atoms. The molecule has 9 heteroatoms. The number of aromatic amines is 1. The summed E-state index contributed by atoms with van der Waals surface area (Å²) in [5, 5.41) is 0. The summed E-state index contributed by atoms with van der Waals surface area (Å²) < 4.78 is 5.41. The van der Waals surface area contributed by atoms with E-state index >= 15 is 0 Å². The molecule has 2 aliphatic rings. The molecule has 2 aromatic rings. The first-order valence-electron chi connectivity index (χ1n) is 8.96. The number of piperidine rings is 1. The number of ether oxygens (including phenoxy) is 1. The lowest BCUT2D eigenvalue weighted by Gasteiger charge is -2.34. The molecule has 2 saturated heterocycles. The monoisotopic (exact) mass is 357 g/mol. The Morgan fingerprint density at radius 1 is 1.12 bits per heavy atom. The highest BCUT2D eigenvalue weighted by Crippen LogP contribution is 2.29. The van der Waals surface area contributed by atoms with E-state index in [1.165, 1.54) is 6.33 Å². The minimum atomic E-state index is -0.118. The summed E-state index contributed by atoms with van der Waals surface area (Å²) in [6.07, 6.45) is 3.48. The molecule has 0 bridgehead atoms. The molecular formula is C17H23N7O2. The van der Waals surface area contributed by atoms with Gasteiger partial charge in [-0.05, 0) is 12.8 Å². The predicted octanol–water partition coefficient (Wildman–Crippen LogP) is 0.363. The van der Waals surface area contributed by atoms with Gasteiger partial charge in [-0.2, -0.15) is 9.97 Å². The van der Waals surface area contributed by atoms with Gasteiger partial charge in [-0.1, -0.05) is 0 Å². The van der Waals surface area contributed by atoms with Gasteiger partial charge in [0.25, 0.3) is 5.56 Å². The van der Waals surface area contributed by atoms with Crippen molar-refractivity contribution in [3.05, 3.63) is 34.5 Å². The van der Waals surface area contributed by atoms with Crippen molar-refractivity contribution in [2.24, 2.45) is 0 Å². The first-order valence-corrected chi connectivity index (χ1v) is 8.96. The SMILES string of the molecule is Nc1nc(N2CCOCC2)cc(N2CCC[C@H](c3cc(=O)[nH]cn3)C2)n1. The highest BCUT2D eigenvalue weighted by molar-refractivity contribution is 5.54. The molecule has 1 atom stereocenters. The van der Waals surface area contributed by atoms with Crippen molar-refractivity contribution < 1.29 is 4.74 Å². The summed E-state index contributed by atoms with van der Waals surface area (Å²) in [5.41, 5.74) is 6.68. The van der Waals surface area contributed by atoms with Crippen molar-refractivity contribution >= 4 is 17.6 Å². The summed E-state index contributed by atoms with van der Waals surface area (Å²) in [4.78, 5) is 31.7. The third kappa shape index (κ3) is 3.62. The number of H-pyrrole nitrogens is 1. The topological polar surface area (TPSA) is 113 Å². The molecule has 2 aliphatic heterocycles. The number of nitrogens with zero attached hydrogens (tertiary/aromatic N) is 5. The van der Waals surface area contributed by atoms with Crippen molar-refractivity contribution in [1.29, 1.82) is 0 Å². The lowest BCUT2D eigenvalue weighted by molar-refractivity contribution is 0.122. The number of anilines is 3. The second kappa shape index (κ2) is 7.28. The fourth-order valence-corrected chi connectivity index (χ4v) is 3.59. The van der Waals surface area contributed by atoms with Gasteiger partial charge in [-0.15, -0.1) is 0 Å². The Kier molecular flexibility index (Phi) is 4.70. The highest BCUT2D eigenvalue weighted by Gasteiger charge is 2.25. The van der Waals surface area contributed by atoms with Crippen LogP contribution in [0.5, 0.6) is 0 Å². The summed E-state index contributed by atoms with van der Waals surface area (Å²) >= 11 is 0. The standard InChI is InChI=1S/C17H23N7O2/c18-17-21-14(23-4-6-26-7-5-23)9-15(22-17)24-3-1-2-12(10-24)13-8-16(25)20-11-19-13/h8-9,11-12H,1-7,10H2,(H2,18,21,22)(H,19,20,25)/t12-/m0/s1. The molecule has 2 aromatic heterocycles. The average molecular weight is 357 g/mol. The van der Waals surface area contributed by atoms with E-state index in [2.05, 4.69) is 29.7 Å². The predicted molar refractivity (Wildman–Crippen MR) is 98.5 cm³/mol. The number of hydrogen-bond donors (Lipinski definition) is 2. The molecule has 0 aromatic carbocycles. The van der Waals surface area contributed by atoms with Gasteiger partial charge in [-0.25, -0.2) is 4.98 Å². The van der Waals surface area contributed by atoms with Gasteiger partial charge in [0.2, 0.25) is 5.95 Å². The zero-order chi connectivity index (χ0) is 17.9. The summed E-state index contributed by atoms with van der Waals surface area (Å²) in [6.45, 7) is 4.65. The van der Waals surface area contributed by atoms with E-state index in [9.17, 15) is 4.79 Å². The molecule has 138 valence electrons. The number of rotatable bonds is 3. The van der Waals surface area contributed by atoms with Gasteiger partial charge in [-0.3, -0.25) is 4.79 Å². The van der Waals surface area contributed by atoms with Crippen LogP contribution in [0.15, 0.2) is 23.3 Å². The maximum Gasteiger partial charge on any atom is 0.250 e. The van der Waals surface area contributed by atoms with Gasteiger partial charge in [0.05, 0.1) is 25.2 Å². The van der Waals surface area contributed by atoms with E-state index in [-0.39, 0.29) is 17.4 Å². The van der Waals surface area contributed by atoms with Crippen molar-refractivity contribution in [3.8, 4) is 0 Å². The smallest absolute Gasteiger partial charge is 0.250 e. The normalized spacial score (nSPS) is 21.0. The Balaban J connectivity index is 1.56. The number of nitrogens with two attached hydrogens (primary N) is 1. The quantitative estimate of drug-likeness (QED) is 0.810. The van der Waals surface area contributed by atoms with Crippen LogP contribution in [-0.2, 0) is 4.74 Å². The van der Waals surface area contributed by atoms with Crippen LogP contribution in [0.25, 0.3) is 0 Å². The van der Waals surface area contributed by atoms with E-state index < -0.39 is 0 Å². The lowest BCUT2D eigenvalue weighted by Crippen LogP contribution is -2.38. The Morgan fingerprint density at radius 2 is 1.88 bits per heavy atom. The van der Waals surface area contributed by atoms with Crippen LogP contribution < -0.4 is 21.1 Å². The number of morpholine rings is 1. The molecule has 9 nitrogen and oxygen atoms in total. The van der Waals surface area contributed by atoms with Crippen LogP contribution in [0, 0.1) is 0 Å². The van der Waals surface area contributed by atoms with Crippen LogP contribution in [0.3, 0.4) is 0 Å². The molecule has 4 heterocycles. The summed E-state index contributed by atoms with van der Waals surface area (Å²) in [5.74, 6) is 2.15. The zero-order valence-corrected chi connectivity index (χ0v) is 14.6. The molecular weight excluding hydrogens is 334 g/mol. The molecule has 0 unspecified atom stereocenters. The molecule has 0 amide bonds. The van der Waals surface area contributed by atoms with Crippen molar-refractivity contribution in [1.82, 2.24) is 19.9 Å². The molecule has 26 heavy (non-hydrogen) atoms. The highest BCUT2D eigenvalue weighted by atomic mass is 16.5. The van der Waals surface area contributed by atoms with Crippen LogP contribution in [-0.4, -0.2) is 59.3 Å². The fraction of sp³-hybridized carbons (Fsp3) is 0.529. The molecule has 4 rings (SSSR count). The van der Waals surface area contributed by atoms with Gasteiger partial charge in [0, 0.05) is 44.2 Å². The second-order valence-corrected chi connectivity index (χ2v) is 6.66. The minimum Gasteiger partial charge on any atom is -0.378 e. The van der Waals surface area contributed by atoms with Gasteiger partial charge in [0.1, 0.15) is 11.6 Å². The number of hydrogen-bond acceptors (Lipinski definition) is 8. The van der Waals surface area contributed by atoms with E-state index in [0.29, 0.717) is 13.2 Å². The third-order valence-electron chi connectivity index (χ3n) is 4.91. The zero-order valence-electron chi connectivity index (χ0n) is 14.6. The van der Waals surface area contributed by atoms with Gasteiger partial charge >= 0.3 is 0 Å². The second-order valence-electron chi connectivity index (χ2n) is 6.66. The lowest BCUT2D eigenvalue weighted by atomic mass is 9.94. The molecule has 0 saturated carbocycles. The minimum absolute atomic E-state index is 0.118. The first kappa shape index (κ1) is 16.8. The first-order chi connectivity index (χ1) is 12.7. The van der Waals surface area contributed by atoms with Gasteiger partial charge in [0.15, 0.2) is 0 Å². The van der Waals surface area contributed by atoms with E-state index in [1.807, 2.05) is 6.07 Å². The van der Waals surface area contributed by atoms with Crippen LogP contribution in [0.4, 0.5) is 17.6 Å². The van der Waals surface area contributed by atoms with E-state index in [1.54, 1.807) is 6.07 Å². The molecule has 3 N–H and O–H groups in total. The molecule has 0 aliphatic carbocycles. The van der Waals surface area contributed by atoms with Crippen LogP contribution >= 0.6 is 0 Å². The van der Waals surface area contributed by atoms with Crippen molar-refractivity contribution in [3.63, 3.8) is 0 Å². The average Bonchev–Trinajstić information content (AvgIpc) is 2.68. The summed E-state index contributed by atoms with van der Waals surface area (Å²) in [7, 11) is 0. The maximum atomic E-state index is 11.6. The largest absolute Gasteiger partial charge is 0.378 e.